The first kappa shape index (κ1) is 12.7. The second-order valence-corrected chi connectivity index (χ2v) is 6.00. The summed E-state index contributed by atoms with van der Waals surface area (Å²) in [7, 11) is 0. The van der Waals surface area contributed by atoms with Crippen molar-refractivity contribution in [1.29, 1.82) is 0 Å². The predicted molar refractivity (Wildman–Crippen MR) is 55.2 cm³/mol. The molecule has 0 aromatic heterocycles. The number of alkyl halides is 3. The van der Waals surface area contributed by atoms with E-state index in [1.165, 1.54) is 0 Å². The monoisotopic (exact) mass is 250 g/mol. The Morgan fingerprint density at radius 1 is 1.29 bits per heavy atom. The Kier molecular flexibility index (Phi) is 2.53. The minimum atomic E-state index is -4.89. The number of carbonyl (C=O) groups is 1. The number of ether oxygens (including phenoxy) is 1. The summed E-state index contributed by atoms with van der Waals surface area (Å²) in [5.74, 6) is -1.69. The van der Waals surface area contributed by atoms with E-state index in [4.69, 9.17) is 0 Å². The molecule has 0 amide bonds. The second kappa shape index (κ2) is 3.39. The Balaban J connectivity index is 2.14. The SMILES string of the molecule is CC1(C)[C@H]2CC[C@]1(C)[C@H](OC(=O)C(F)(F)F)C2. The number of carbonyl (C=O) groups excluding carboxylic acids is 1. The lowest BCUT2D eigenvalue weighted by molar-refractivity contribution is -0.210. The van der Waals surface area contributed by atoms with Crippen LogP contribution in [0.25, 0.3) is 0 Å². The number of hydrogen-bond donors (Lipinski definition) is 0. The highest BCUT2D eigenvalue weighted by molar-refractivity contribution is 5.75. The number of hydrogen-bond acceptors (Lipinski definition) is 2. The largest absolute Gasteiger partial charge is 0.490 e. The minimum absolute atomic E-state index is 0.0520. The van der Waals surface area contributed by atoms with Gasteiger partial charge in [-0.25, -0.2) is 4.79 Å². The molecule has 0 aromatic rings. The average molecular weight is 250 g/mol. The third-order valence-corrected chi connectivity index (χ3v) is 5.19. The normalized spacial score (nSPS) is 39.4. The molecule has 0 saturated heterocycles. The molecule has 2 aliphatic carbocycles. The van der Waals surface area contributed by atoms with Crippen molar-refractivity contribution >= 4 is 5.97 Å². The quantitative estimate of drug-likeness (QED) is 0.667. The highest BCUT2D eigenvalue weighted by Gasteiger charge is 2.63. The molecule has 2 rings (SSSR count). The molecule has 2 fully saturated rings. The van der Waals surface area contributed by atoms with Crippen molar-refractivity contribution in [2.75, 3.05) is 0 Å². The van der Waals surface area contributed by atoms with Crippen LogP contribution in [0, 0.1) is 16.7 Å². The van der Waals surface area contributed by atoms with Crippen LogP contribution in [0.1, 0.15) is 40.0 Å². The van der Waals surface area contributed by atoms with E-state index in [0.29, 0.717) is 12.3 Å². The zero-order valence-electron chi connectivity index (χ0n) is 10.2. The van der Waals surface area contributed by atoms with Gasteiger partial charge in [-0.05, 0) is 30.6 Å². The zero-order valence-corrected chi connectivity index (χ0v) is 10.2. The molecule has 2 saturated carbocycles. The molecule has 0 unspecified atom stereocenters. The molecular weight excluding hydrogens is 233 g/mol. The van der Waals surface area contributed by atoms with E-state index in [-0.39, 0.29) is 10.8 Å². The summed E-state index contributed by atoms with van der Waals surface area (Å²) in [5, 5.41) is 0. The van der Waals surface area contributed by atoms with Gasteiger partial charge < -0.3 is 4.74 Å². The number of rotatable bonds is 1. The first-order valence-corrected chi connectivity index (χ1v) is 5.87. The molecule has 17 heavy (non-hydrogen) atoms. The number of halogens is 3. The zero-order chi connectivity index (χ0) is 13.1. The Hall–Kier alpha value is -0.740. The van der Waals surface area contributed by atoms with Crippen LogP contribution in [0.15, 0.2) is 0 Å². The molecule has 2 nitrogen and oxygen atoms in total. The molecule has 98 valence electrons. The van der Waals surface area contributed by atoms with E-state index in [0.717, 1.165) is 12.8 Å². The van der Waals surface area contributed by atoms with Crippen LogP contribution >= 0.6 is 0 Å². The summed E-state index contributed by atoms with van der Waals surface area (Å²) in [4.78, 5) is 10.9. The van der Waals surface area contributed by atoms with Crippen LogP contribution in [-0.2, 0) is 9.53 Å². The van der Waals surface area contributed by atoms with E-state index in [2.05, 4.69) is 18.6 Å². The van der Waals surface area contributed by atoms with Gasteiger partial charge in [0, 0.05) is 5.41 Å². The first-order valence-electron chi connectivity index (χ1n) is 5.87. The molecule has 2 aliphatic rings. The lowest BCUT2D eigenvalue weighted by atomic mass is 9.70. The van der Waals surface area contributed by atoms with Crippen LogP contribution in [0.4, 0.5) is 13.2 Å². The van der Waals surface area contributed by atoms with Crippen LogP contribution < -0.4 is 0 Å². The van der Waals surface area contributed by atoms with Gasteiger partial charge in [0.2, 0.25) is 0 Å². The summed E-state index contributed by atoms with van der Waals surface area (Å²) in [6.45, 7) is 6.06. The van der Waals surface area contributed by atoms with Gasteiger partial charge in [-0.2, -0.15) is 13.2 Å². The van der Waals surface area contributed by atoms with Gasteiger partial charge in [0.05, 0.1) is 0 Å². The maximum atomic E-state index is 12.2. The van der Waals surface area contributed by atoms with Gasteiger partial charge in [-0.15, -0.1) is 0 Å². The van der Waals surface area contributed by atoms with Crippen molar-refractivity contribution in [3.05, 3.63) is 0 Å². The van der Waals surface area contributed by atoms with E-state index < -0.39 is 18.2 Å². The molecule has 3 atom stereocenters. The summed E-state index contributed by atoms with van der Waals surface area (Å²) in [6, 6.07) is 0. The average Bonchev–Trinajstić information content (AvgIpc) is 2.49. The Labute approximate surface area is 98.5 Å². The van der Waals surface area contributed by atoms with E-state index in [9.17, 15) is 18.0 Å². The fourth-order valence-corrected chi connectivity index (χ4v) is 3.50. The topological polar surface area (TPSA) is 26.3 Å². The molecular formula is C12H17F3O2. The van der Waals surface area contributed by atoms with Gasteiger partial charge in [0.1, 0.15) is 6.10 Å². The Bertz CT molecular complexity index is 348. The second-order valence-electron chi connectivity index (χ2n) is 6.00. The Morgan fingerprint density at radius 2 is 1.88 bits per heavy atom. The third-order valence-electron chi connectivity index (χ3n) is 5.19. The maximum Gasteiger partial charge on any atom is 0.490 e. The van der Waals surface area contributed by atoms with Crippen molar-refractivity contribution in [2.24, 2.45) is 16.7 Å². The molecule has 0 spiro atoms. The highest BCUT2D eigenvalue weighted by Crippen LogP contribution is 2.66. The Morgan fingerprint density at radius 3 is 2.24 bits per heavy atom. The van der Waals surface area contributed by atoms with Crippen LogP contribution in [0.2, 0.25) is 0 Å². The van der Waals surface area contributed by atoms with Crippen molar-refractivity contribution in [3.8, 4) is 0 Å². The molecule has 5 heteroatoms. The van der Waals surface area contributed by atoms with Crippen LogP contribution in [-0.4, -0.2) is 18.2 Å². The molecule has 0 N–H and O–H groups in total. The molecule has 2 bridgehead atoms. The number of fused-ring (bicyclic) bond motifs is 2. The van der Waals surface area contributed by atoms with Crippen molar-refractivity contribution in [3.63, 3.8) is 0 Å². The summed E-state index contributed by atoms with van der Waals surface area (Å²) in [6.07, 6.45) is -3.07. The lowest BCUT2D eigenvalue weighted by Crippen LogP contribution is -2.41. The molecule has 0 aliphatic heterocycles. The fourth-order valence-electron chi connectivity index (χ4n) is 3.50. The van der Waals surface area contributed by atoms with Gasteiger partial charge in [-0.1, -0.05) is 20.8 Å². The van der Waals surface area contributed by atoms with Crippen molar-refractivity contribution in [2.45, 2.75) is 52.3 Å². The predicted octanol–water partition coefficient (Wildman–Crippen LogP) is 3.31. The summed E-state index contributed by atoms with van der Waals surface area (Å²) in [5.41, 5.74) is -0.373. The van der Waals surface area contributed by atoms with Crippen molar-refractivity contribution < 1.29 is 22.7 Å². The summed E-state index contributed by atoms with van der Waals surface area (Å²) < 4.78 is 41.2. The minimum Gasteiger partial charge on any atom is -0.455 e. The maximum absolute atomic E-state index is 12.2. The fraction of sp³-hybridized carbons (Fsp3) is 0.917. The molecule has 0 heterocycles. The highest BCUT2D eigenvalue weighted by atomic mass is 19.4. The first-order chi connectivity index (χ1) is 7.59. The van der Waals surface area contributed by atoms with E-state index in [1.807, 2.05) is 6.92 Å². The van der Waals surface area contributed by atoms with Gasteiger partial charge in [0.15, 0.2) is 0 Å². The van der Waals surface area contributed by atoms with Gasteiger partial charge in [-0.3, -0.25) is 0 Å². The van der Waals surface area contributed by atoms with Crippen LogP contribution in [0.5, 0.6) is 0 Å². The summed E-state index contributed by atoms with van der Waals surface area (Å²) >= 11 is 0. The van der Waals surface area contributed by atoms with Gasteiger partial charge in [0.25, 0.3) is 0 Å². The van der Waals surface area contributed by atoms with E-state index >= 15 is 0 Å². The molecule has 0 aromatic carbocycles. The smallest absolute Gasteiger partial charge is 0.455 e. The van der Waals surface area contributed by atoms with Crippen molar-refractivity contribution in [1.82, 2.24) is 0 Å². The molecule has 0 radical (unpaired) electrons. The standard InChI is InChI=1S/C12H17F3O2/c1-10(2)7-4-5-11(10,3)8(6-7)17-9(16)12(13,14)15/h7-8H,4-6H2,1-3H3/t7-,8+,11+/m0/s1. The third kappa shape index (κ3) is 1.66. The van der Waals surface area contributed by atoms with Gasteiger partial charge >= 0.3 is 12.1 Å². The van der Waals surface area contributed by atoms with E-state index in [1.54, 1.807) is 0 Å². The number of esters is 1. The van der Waals surface area contributed by atoms with Crippen LogP contribution in [0.3, 0.4) is 0 Å². The lowest BCUT2D eigenvalue weighted by Gasteiger charge is -2.38.